The third kappa shape index (κ3) is 4.15. The van der Waals surface area contributed by atoms with Crippen molar-refractivity contribution < 1.29 is 9.59 Å². The van der Waals surface area contributed by atoms with E-state index in [1.165, 1.54) is 12.5 Å². The maximum Gasteiger partial charge on any atom is 0.223 e. The van der Waals surface area contributed by atoms with Gasteiger partial charge >= 0.3 is 0 Å². The fourth-order valence-corrected chi connectivity index (χ4v) is 3.15. The van der Waals surface area contributed by atoms with E-state index in [1.54, 1.807) is 11.1 Å². The molecule has 1 unspecified atom stereocenters. The van der Waals surface area contributed by atoms with Crippen LogP contribution in [-0.2, 0) is 16.0 Å². The van der Waals surface area contributed by atoms with Crippen LogP contribution >= 0.6 is 0 Å². The van der Waals surface area contributed by atoms with Crippen LogP contribution in [-0.4, -0.2) is 23.3 Å². The molecule has 0 aliphatic carbocycles. The van der Waals surface area contributed by atoms with Gasteiger partial charge in [-0.2, -0.15) is 0 Å². The van der Waals surface area contributed by atoms with Gasteiger partial charge in [0, 0.05) is 19.7 Å². The molecule has 1 heterocycles. The number of nitrogens with zero attached hydrogens (tertiary/aromatic N) is 1. The number of rotatable bonds is 5. The molecule has 0 saturated carbocycles. The third-order valence-electron chi connectivity index (χ3n) is 4.43. The first-order chi connectivity index (χ1) is 12.1. The molecule has 1 atom stereocenters. The molecular weight excluding hydrogens is 312 g/mol. The van der Waals surface area contributed by atoms with E-state index in [0.29, 0.717) is 6.54 Å². The Hall–Kier alpha value is -2.88. The highest BCUT2D eigenvalue weighted by Crippen LogP contribution is 2.32. The van der Waals surface area contributed by atoms with Crippen molar-refractivity contribution in [2.45, 2.75) is 25.8 Å². The van der Waals surface area contributed by atoms with Gasteiger partial charge in [0.15, 0.2) is 0 Å². The molecule has 0 saturated heterocycles. The lowest BCUT2D eigenvalue weighted by molar-refractivity contribution is -0.129. The smallest absolute Gasteiger partial charge is 0.223 e. The van der Waals surface area contributed by atoms with Crippen LogP contribution in [0.5, 0.6) is 0 Å². The summed E-state index contributed by atoms with van der Waals surface area (Å²) in [5.74, 6) is -0.106. The molecule has 0 bridgehead atoms. The average Bonchev–Trinajstić information content (AvgIpc) is 2.62. The second-order valence-corrected chi connectivity index (χ2v) is 6.18. The van der Waals surface area contributed by atoms with Gasteiger partial charge in [-0.15, -0.1) is 0 Å². The molecule has 0 aromatic heterocycles. The zero-order chi connectivity index (χ0) is 17.6. The topological polar surface area (TPSA) is 49.4 Å². The first-order valence-electron chi connectivity index (χ1n) is 8.52. The van der Waals surface area contributed by atoms with Crippen molar-refractivity contribution in [3.05, 3.63) is 77.5 Å². The second-order valence-electron chi connectivity index (χ2n) is 6.18. The zero-order valence-electron chi connectivity index (χ0n) is 14.3. The quantitative estimate of drug-likeness (QED) is 0.912. The maximum absolute atomic E-state index is 12.4. The van der Waals surface area contributed by atoms with Crippen molar-refractivity contribution >= 4 is 17.9 Å². The average molecular weight is 334 g/mol. The van der Waals surface area contributed by atoms with E-state index in [9.17, 15) is 9.59 Å². The van der Waals surface area contributed by atoms with E-state index in [4.69, 9.17) is 0 Å². The van der Waals surface area contributed by atoms with Gasteiger partial charge < -0.3 is 10.2 Å². The van der Waals surface area contributed by atoms with E-state index in [0.717, 1.165) is 17.5 Å². The molecule has 4 heteroatoms. The van der Waals surface area contributed by atoms with Crippen molar-refractivity contribution in [1.82, 2.24) is 10.2 Å². The number of benzene rings is 2. The van der Waals surface area contributed by atoms with E-state index >= 15 is 0 Å². The van der Waals surface area contributed by atoms with Crippen molar-refractivity contribution in [1.29, 1.82) is 0 Å². The molecule has 3 rings (SSSR count). The largest absolute Gasteiger partial charge is 0.356 e. The van der Waals surface area contributed by atoms with E-state index in [-0.39, 0.29) is 24.3 Å². The summed E-state index contributed by atoms with van der Waals surface area (Å²) >= 11 is 0. The Bertz CT molecular complexity index is 783. The van der Waals surface area contributed by atoms with Crippen LogP contribution in [0, 0.1) is 0 Å². The Balaban J connectivity index is 1.64. The first-order valence-corrected chi connectivity index (χ1v) is 8.52. The number of fused-ring (bicyclic) bond motifs is 1. The summed E-state index contributed by atoms with van der Waals surface area (Å²) in [6.07, 6.45) is 4.74. The summed E-state index contributed by atoms with van der Waals surface area (Å²) < 4.78 is 0. The van der Waals surface area contributed by atoms with E-state index < -0.39 is 0 Å². The van der Waals surface area contributed by atoms with Crippen molar-refractivity contribution in [3.8, 4) is 0 Å². The Labute approximate surface area is 148 Å². The summed E-state index contributed by atoms with van der Waals surface area (Å²) in [7, 11) is 0. The number of carbonyl (C=O) groups is 2. The van der Waals surface area contributed by atoms with Crippen molar-refractivity contribution in [3.63, 3.8) is 0 Å². The minimum Gasteiger partial charge on any atom is -0.356 e. The van der Waals surface area contributed by atoms with Crippen LogP contribution < -0.4 is 5.32 Å². The molecule has 25 heavy (non-hydrogen) atoms. The SMILES string of the molecule is CC(=O)N1C=Cc2ccccc2C1CC(=O)NCCc1ccccc1. The van der Waals surface area contributed by atoms with Gasteiger partial charge in [-0.1, -0.05) is 54.6 Å². The normalized spacial score (nSPS) is 15.6. The lowest BCUT2D eigenvalue weighted by Gasteiger charge is -2.32. The third-order valence-corrected chi connectivity index (χ3v) is 4.43. The Kier molecular flexibility index (Phi) is 5.29. The minimum absolute atomic E-state index is 0.0442. The molecule has 0 radical (unpaired) electrons. The highest BCUT2D eigenvalue weighted by molar-refractivity contribution is 5.81. The fraction of sp³-hybridized carbons (Fsp3) is 0.238. The molecule has 1 aliphatic heterocycles. The highest BCUT2D eigenvalue weighted by atomic mass is 16.2. The van der Waals surface area contributed by atoms with Crippen LogP contribution in [0.4, 0.5) is 0 Å². The van der Waals surface area contributed by atoms with Crippen molar-refractivity contribution in [2.24, 2.45) is 0 Å². The summed E-state index contributed by atoms with van der Waals surface area (Å²) in [6, 6.07) is 17.7. The molecule has 1 aliphatic rings. The standard InChI is InChI=1S/C21H22N2O2/c1-16(24)23-14-12-18-9-5-6-10-19(18)20(23)15-21(25)22-13-11-17-7-3-2-4-8-17/h2-10,12,14,20H,11,13,15H2,1H3,(H,22,25). The summed E-state index contributed by atoms with van der Waals surface area (Å²) in [5, 5.41) is 2.97. The van der Waals surface area contributed by atoms with Crippen LogP contribution in [0.3, 0.4) is 0 Å². The minimum atomic E-state index is -0.254. The molecule has 4 nitrogen and oxygen atoms in total. The monoisotopic (exact) mass is 334 g/mol. The first kappa shape index (κ1) is 17.0. The fourth-order valence-electron chi connectivity index (χ4n) is 3.15. The molecule has 2 aromatic carbocycles. The molecule has 0 spiro atoms. The lowest BCUT2D eigenvalue weighted by atomic mass is 9.93. The number of nitrogens with one attached hydrogen (secondary N) is 1. The van der Waals surface area contributed by atoms with Crippen LogP contribution in [0.15, 0.2) is 60.8 Å². The van der Waals surface area contributed by atoms with Gasteiger partial charge in [0.25, 0.3) is 0 Å². The Morgan fingerprint density at radius 1 is 1.04 bits per heavy atom. The summed E-state index contributed by atoms with van der Waals surface area (Å²) in [5.41, 5.74) is 3.26. The summed E-state index contributed by atoms with van der Waals surface area (Å²) in [6.45, 7) is 2.12. The molecular formula is C21H22N2O2. The molecule has 0 fully saturated rings. The molecule has 2 amide bonds. The Morgan fingerprint density at radius 2 is 1.76 bits per heavy atom. The summed E-state index contributed by atoms with van der Waals surface area (Å²) in [4.78, 5) is 26.0. The highest BCUT2D eigenvalue weighted by Gasteiger charge is 2.27. The van der Waals surface area contributed by atoms with Gasteiger partial charge in [-0.3, -0.25) is 9.59 Å². The van der Waals surface area contributed by atoms with Gasteiger partial charge in [0.1, 0.15) is 0 Å². The van der Waals surface area contributed by atoms with E-state index in [1.807, 2.05) is 60.7 Å². The number of carbonyl (C=O) groups excluding carboxylic acids is 2. The number of hydrogen-bond acceptors (Lipinski definition) is 2. The molecule has 1 N–H and O–H groups in total. The Morgan fingerprint density at radius 3 is 2.52 bits per heavy atom. The van der Waals surface area contributed by atoms with E-state index in [2.05, 4.69) is 5.32 Å². The van der Waals surface area contributed by atoms with Gasteiger partial charge in [0.2, 0.25) is 11.8 Å². The van der Waals surface area contributed by atoms with Crippen LogP contribution in [0.2, 0.25) is 0 Å². The molecule has 128 valence electrons. The second kappa shape index (κ2) is 7.79. The molecule has 2 aromatic rings. The lowest BCUT2D eigenvalue weighted by Crippen LogP contribution is -2.35. The number of hydrogen-bond donors (Lipinski definition) is 1. The predicted molar refractivity (Wildman–Crippen MR) is 98.5 cm³/mol. The predicted octanol–water partition coefficient (Wildman–Crippen LogP) is 3.31. The number of amides is 2. The maximum atomic E-state index is 12.4. The van der Waals surface area contributed by atoms with Crippen molar-refractivity contribution in [2.75, 3.05) is 6.54 Å². The van der Waals surface area contributed by atoms with Crippen LogP contribution in [0.25, 0.3) is 6.08 Å². The zero-order valence-corrected chi connectivity index (χ0v) is 14.3. The van der Waals surface area contributed by atoms with Gasteiger partial charge in [-0.25, -0.2) is 0 Å². The van der Waals surface area contributed by atoms with Gasteiger partial charge in [-0.05, 0) is 29.2 Å². The van der Waals surface area contributed by atoms with Crippen LogP contribution in [0.1, 0.15) is 36.1 Å². The van der Waals surface area contributed by atoms with Gasteiger partial charge in [0.05, 0.1) is 12.5 Å².